The summed E-state index contributed by atoms with van der Waals surface area (Å²) >= 11 is 3.47. The van der Waals surface area contributed by atoms with Crippen molar-refractivity contribution in [3.05, 3.63) is 28.2 Å². The van der Waals surface area contributed by atoms with Crippen LogP contribution in [0.4, 0.5) is 0 Å². The molecule has 90 valence electrons. The number of halogens is 1. The van der Waals surface area contributed by atoms with E-state index in [2.05, 4.69) is 41.9 Å². The molecule has 1 N–H and O–H groups in total. The van der Waals surface area contributed by atoms with Gasteiger partial charge in [-0.15, -0.1) is 0 Å². The van der Waals surface area contributed by atoms with Crippen LogP contribution in [0.5, 0.6) is 5.75 Å². The fourth-order valence-electron chi connectivity index (χ4n) is 1.65. The molecule has 0 aliphatic rings. The summed E-state index contributed by atoms with van der Waals surface area (Å²) in [5.41, 5.74) is 1.22. The van der Waals surface area contributed by atoms with Crippen LogP contribution in [0.15, 0.2) is 22.7 Å². The van der Waals surface area contributed by atoms with Gasteiger partial charge in [-0.2, -0.15) is 0 Å². The monoisotopic (exact) mass is 286 g/mol. The Hall–Kier alpha value is -0.540. The standard InChI is InChI=1S/C13H19BrO2/c1-9(2)11(8-15)6-10-4-5-13(16-3)12(14)7-10/h4-5,7,9,11,15H,6,8H2,1-3H3. The third-order valence-electron chi connectivity index (χ3n) is 2.89. The fraction of sp³-hybridized carbons (Fsp3) is 0.538. The van der Waals surface area contributed by atoms with E-state index in [0.29, 0.717) is 11.8 Å². The molecule has 3 heteroatoms. The van der Waals surface area contributed by atoms with E-state index in [4.69, 9.17) is 4.74 Å². The van der Waals surface area contributed by atoms with Crippen LogP contribution in [-0.4, -0.2) is 18.8 Å². The maximum atomic E-state index is 9.29. The third kappa shape index (κ3) is 3.49. The zero-order valence-electron chi connectivity index (χ0n) is 10.0. The first kappa shape index (κ1) is 13.5. The average Bonchev–Trinajstić information content (AvgIpc) is 2.25. The maximum absolute atomic E-state index is 9.29. The minimum Gasteiger partial charge on any atom is -0.496 e. The van der Waals surface area contributed by atoms with Crippen LogP contribution in [0.2, 0.25) is 0 Å². The highest BCUT2D eigenvalue weighted by molar-refractivity contribution is 9.10. The third-order valence-corrected chi connectivity index (χ3v) is 3.51. The van der Waals surface area contributed by atoms with Crippen molar-refractivity contribution in [2.45, 2.75) is 20.3 Å². The van der Waals surface area contributed by atoms with Crippen molar-refractivity contribution in [2.24, 2.45) is 11.8 Å². The van der Waals surface area contributed by atoms with Crippen molar-refractivity contribution < 1.29 is 9.84 Å². The van der Waals surface area contributed by atoms with Crippen molar-refractivity contribution in [1.82, 2.24) is 0 Å². The highest BCUT2D eigenvalue weighted by atomic mass is 79.9. The predicted octanol–water partition coefficient (Wildman–Crippen LogP) is 3.26. The van der Waals surface area contributed by atoms with Crippen LogP contribution in [0.3, 0.4) is 0 Å². The molecule has 0 amide bonds. The van der Waals surface area contributed by atoms with Gasteiger partial charge in [-0.25, -0.2) is 0 Å². The first-order valence-electron chi connectivity index (χ1n) is 5.51. The van der Waals surface area contributed by atoms with E-state index in [1.54, 1.807) is 7.11 Å². The molecule has 0 saturated carbocycles. The Bertz CT molecular complexity index is 337. The molecule has 0 radical (unpaired) electrons. The molecule has 2 nitrogen and oxygen atoms in total. The SMILES string of the molecule is COc1ccc(CC(CO)C(C)C)cc1Br. The van der Waals surface area contributed by atoms with Gasteiger partial charge in [-0.1, -0.05) is 19.9 Å². The molecule has 0 aliphatic carbocycles. The topological polar surface area (TPSA) is 29.5 Å². The lowest BCUT2D eigenvalue weighted by Crippen LogP contribution is -2.16. The zero-order chi connectivity index (χ0) is 12.1. The number of benzene rings is 1. The van der Waals surface area contributed by atoms with Gasteiger partial charge in [-0.3, -0.25) is 0 Å². The van der Waals surface area contributed by atoms with E-state index >= 15 is 0 Å². The minimum atomic E-state index is 0.237. The van der Waals surface area contributed by atoms with E-state index in [-0.39, 0.29) is 6.61 Å². The zero-order valence-corrected chi connectivity index (χ0v) is 11.6. The summed E-state index contributed by atoms with van der Waals surface area (Å²) in [6, 6.07) is 6.06. The molecule has 0 aromatic heterocycles. The lowest BCUT2D eigenvalue weighted by Gasteiger charge is -2.18. The van der Waals surface area contributed by atoms with Crippen LogP contribution in [0.25, 0.3) is 0 Å². The summed E-state index contributed by atoms with van der Waals surface area (Å²) in [4.78, 5) is 0. The van der Waals surface area contributed by atoms with Crippen molar-refractivity contribution in [2.75, 3.05) is 13.7 Å². The molecule has 0 spiro atoms. The first-order chi connectivity index (χ1) is 7.58. The molecule has 1 aromatic carbocycles. The van der Waals surface area contributed by atoms with Gasteiger partial charge in [0.15, 0.2) is 0 Å². The van der Waals surface area contributed by atoms with Gasteiger partial charge in [0.1, 0.15) is 5.75 Å². The lowest BCUT2D eigenvalue weighted by atomic mass is 9.90. The fourth-order valence-corrected chi connectivity index (χ4v) is 2.24. The predicted molar refractivity (Wildman–Crippen MR) is 69.8 cm³/mol. The van der Waals surface area contributed by atoms with Gasteiger partial charge >= 0.3 is 0 Å². The molecule has 1 atom stereocenters. The van der Waals surface area contributed by atoms with E-state index in [9.17, 15) is 5.11 Å². The van der Waals surface area contributed by atoms with Gasteiger partial charge in [-0.05, 0) is 51.9 Å². The molecule has 1 rings (SSSR count). The van der Waals surface area contributed by atoms with Crippen molar-refractivity contribution in [3.63, 3.8) is 0 Å². The Labute approximate surface area is 106 Å². The number of rotatable bonds is 5. The largest absolute Gasteiger partial charge is 0.496 e. The molecular weight excluding hydrogens is 268 g/mol. The van der Waals surface area contributed by atoms with Gasteiger partial charge in [0.05, 0.1) is 11.6 Å². The first-order valence-corrected chi connectivity index (χ1v) is 6.31. The smallest absolute Gasteiger partial charge is 0.133 e. The van der Waals surface area contributed by atoms with Gasteiger partial charge in [0.25, 0.3) is 0 Å². The van der Waals surface area contributed by atoms with Crippen molar-refractivity contribution in [3.8, 4) is 5.75 Å². The van der Waals surface area contributed by atoms with E-state index in [0.717, 1.165) is 16.6 Å². The molecule has 0 saturated heterocycles. The Morgan fingerprint density at radius 1 is 1.38 bits per heavy atom. The summed E-state index contributed by atoms with van der Waals surface area (Å²) in [5.74, 6) is 1.65. The van der Waals surface area contributed by atoms with Gasteiger partial charge in [0.2, 0.25) is 0 Å². The summed E-state index contributed by atoms with van der Waals surface area (Å²) in [6.45, 7) is 4.51. The molecule has 1 aromatic rings. The van der Waals surface area contributed by atoms with Crippen molar-refractivity contribution >= 4 is 15.9 Å². The Morgan fingerprint density at radius 3 is 2.50 bits per heavy atom. The number of aliphatic hydroxyl groups is 1. The number of methoxy groups -OCH3 is 1. The Balaban J connectivity index is 2.78. The van der Waals surface area contributed by atoms with Crippen LogP contribution in [-0.2, 0) is 6.42 Å². The van der Waals surface area contributed by atoms with Crippen LogP contribution in [0.1, 0.15) is 19.4 Å². The summed E-state index contributed by atoms with van der Waals surface area (Å²) in [7, 11) is 1.66. The van der Waals surface area contributed by atoms with Crippen LogP contribution < -0.4 is 4.74 Å². The summed E-state index contributed by atoms with van der Waals surface area (Å²) < 4.78 is 6.15. The molecule has 16 heavy (non-hydrogen) atoms. The summed E-state index contributed by atoms with van der Waals surface area (Å²) in [6.07, 6.45) is 0.900. The second-order valence-corrected chi connectivity index (χ2v) is 5.21. The number of ether oxygens (including phenoxy) is 1. The molecule has 0 heterocycles. The van der Waals surface area contributed by atoms with Crippen molar-refractivity contribution in [1.29, 1.82) is 0 Å². The summed E-state index contributed by atoms with van der Waals surface area (Å²) in [5, 5.41) is 9.29. The molecule has 0 fully saturated rings. The number of hydrogen-bond donors (Lipinski definition) is 1. The maximum Gasteiger partial charge on any atom is 0.133 e. The quantitative estimate of drug-likeness (QED) is 0.900. The Kier molecular flexibility index (Phi) is 5.29. The van der Waals surface area contributed by atoms with Crippen LogP contribution in [0, 0.1) is 11.8 Å². The van der Waals surface area contributed by atoms with E-state index in [1.165, 1.54) is 5.56 Å². The average molecular weight is 287 g/mol. The highest BCUT2D eigenvalue weighted by Gasteiger charge is 2.13. The molecule has 1 unspecified atom stereocenters. The number of hydrogen-bond acceptors (Lipinski definition) is 2. The van der Waals surface area contributed by atoms with Gasteiger partial charge < -0.3 is 9.84 Å². The molecule has 0 bridgehead atoms. The lowest BCUT2D eigenvalue weighted by molar-refractivity contribution is 0.189. The van der Waals surface area contributed by atoms with E-state index in [1.807, 2.05) is 6.07 Å². The van der Waals surface area contributed by atoms with Crippen LogP contribution >= 0.6 is 15.9 Å². The second-order valence-electron chi connectivity index (χ2n) is 4.36. The minimum absolute atomic E-state index is 0.237. The Morgan fingerprint density at radius 2 is 2.06 bits per heavy atom. The second kappa shape index (κ2) is 6.26. The normalized spacial score (nSPS) is 12.9. The molecule has 0 aliphatic heterocycles. The van der Waals surface area contributed by atoms with E-state index < -0.39 is 0 Å². The molecular formula is C13H19BrO2. The van der Waals surface area contributed by atoms with Gasteiger partial charge in [0, 0.05) is 6.61 Å². The number of aliphatic hydroxyl groups excluding tert-OH is 1. The highest BCUT2D eigenvalue weighted by Crippen LogP contribution is 2.27.